The molecule has 0 spiro atoms. The summed E-state index contributed by atoms with van der Waals surface area (Å²) in [6, 6.07) is 12.5. The molecule has 0 aliphatic carbocycles. The lowest BCUT2D eigenvalue weighted by atomic mass is 10.1. The van der Waals surface area contributed by atoms with Crippen LogP contribution in [0.5, 0.6) is 5.75 Å². The number of ether oxygens (including phenoxy) is 1. The zero-order chi connectivity index (χ0) is 25.8. The number of carbonyl (C=O) groups excluding carboxylic acids is 1. The van der Waals surface area contributed by atoms with Crippen LogP contribution < -0.4 is 10.1 Å². The number of hydrogen-bond acceptors (Lipinski definition) is 5. The molecule has 0 fully saturated rings. The maximum absolute atomic E-state index is 13.1. The second kappa shape index (κ2) is 10.1. The number of aromatic nitrogens is 1. The Kier molecular flexibility index (Phi) is 7.44. The van der Waals surface area contributed by atoms with Gasteiger partial charge in [-0.3, -0.25) is 14.1 Å². The van der Waals surface area contributed by atoms with E-state index in [1.54, 1.807) is 12.1 Å². The number of likely N-dealkylation sites (N-methyl/N-ethyl adjacent to an activating group) is 1. The highest BCUT2D eigenvalue weighted by Gasteiger charge is 2.31. The second-order valence-corrected chi connectivity index (χ2v) is 9.15. The van der Waals surface area contributed by atoms with E-state index >= 15 is 0 Å². The first-order valence-electron chi connectivity index (χ1n) is 9.89. The summed E-state index contributed by atoms with van der Waals surface area (Å²) in [5.41, 5.74) is 1.19. The van der Waals surface area contributed by atoms with Crippen LogP contribution in [-0.4, -0.2) is 37.0 Å². The van der Waals surface area contributed by atoms with Crippen LogP contribution in [-0.2, 0) is 21.4 Å². The molecule has 0 bridgehead atoms. The number of rotatable bonds is 8. The van der Waals surface area contributed by atoms with Crippen molar-refractivity contribution in [1.29, 1.82) is 0 Å². The lowest BCUT2D eigenvalue weighted by Crippen LogP contribution is -2.35. The molecule has 0 atom stereocenters. The Labute approximate surface area is 198 Å². The third-order valence-electron chi connectivity index (χ3n) is 4.78. The normalized spacial score (nSPS) is 11.6. The largest absolute Gasteiger partial charge is 0.573 e. The first kappa shape index (κ1) is 25.7. The average Bonchev–Trinajstić information content (AvgIpc) is 2.81. The summed E-state index contributed by atoms with van der Waals surface area (Å²) in [5, 5.41) is 2.55. The van der Waals surface area contributed by atoms with E-state index in [-0.39, 0.29) is 22.9 Å². The molecule has 1 N–H and O–H groups in total. The molecule has 1 heterocycles. The minimum atomic E-state index is -4.80. The van der Waals surface area contributed by atoms with Gasteiger partial charge in [-0.2, -0.15) is 0 Å². The van der Waals surface area contributed by atoms with E-state index in [4.69, 9.17) is 0 Å². The zero-order valence-electron chi connectivity index (χ0n) is 18.2. The van der Waals surface area contributed by atoms with Crippen molar-refractivity contribution in [2.45, 2.75) is 17.8 Å². The highest BCUT2D eigenvalue weighted by atomic mass is 32.2. The van der Waals surface area contributed by atoms with Gasteiger partial charge in [0.25, 0.3) is 15.9 Å². The Hall–Kier alpha value is -3.93. The highest BCUT2D eigenvalue weighted by molar-refractivity contribution is 7.89. The van der Waals surface area contributed by atoms with Gasteiger partial charge in [0.05, 0.1) is 10.6 Å². The van der Waals surface area contributed by atoms with Crippen LogP contribution in [0.25, 0.3) is 11.3 Å². The van der Waals surface area contributed by atoms with E-state index in [9.17, 15) is 30.8 Å². The van der Waals surface area contributed by atoms with Crippen LogP contribution >= 0.6 is 0 Å². The number of nitrogens with one attached hydrogen (secondary N) is 1. The first-order valence-corrected chi connectivity index (χ1v) is 11.3. The van der Waals surface area contributed by atoms with Crippen molar-refractivity contribution in [1.82, 2.24) is 14.6 Å². The monoisotopic (exact) mass is 509 g/mol. The number of sulfonamides is 1. The van der Waals surface area contributed by atoms with Gasteiger partial charge in [0.15, 0.2) is 0 Å². The maximum atomic E-state index is 13.1. The molecule has 12 heteroatoms. The topological polar surface area (TPSA) is 88.6 Å². The van der Waals surface area contributed by atoms with Crippen molar-refractivity contribution in [2.24, 2.45) is 0 Å². The molecule has 3 rings (SSSR count). The molecule has 3 aromatic rings. The second-order valence-electron chi connectivity index (χ2n) is 7.18. The lowest BCUT2D eigenvalue weighted by Gasteiger charge is -2.21. The Bertz CT molecular complexity index is 1330. The summed E-state index contributed by atoms with van der Waals surface area (Å²) in [6.45, 7) is 3.52. The van der Waals surface area contributed by atoms with Crippen LogP contribution in [0, 0.1) is 5.82 Å². The summed E-state index contributed by atoms with van der Waals surface area (Å²) < 4.78 is 79.9. The quantitative estimate of drug-likeness (QED) is 0.363. The molecular formula is C23H19F4N3O4S. The van der Waals surface area contributed by atoms with E-state index in [0.29, 0.717) is 21.1 Å². The predicted molar refractivity (Wildman–Crippen MR) is 119 cm³/mol. The standard InChI is InChI=1S/C23H19F4N3O4S/c1-15(30(2)35(32,33)20-9-5-18(24)6-10-20)22(31)29-14-16-11-12-28-21(13-16)17-3-7-19(8-4-17)34-23(25,26)27/h3-13H,1,14H2,2H3,(H,29,31). The van der Waals surface area contributed by atoms with Gasteiger partial charge in [0.2, 0.25) is 0 Å². The van der Waals surface area contributed by atoms with Gasteiger partial charge >= 0.3 is 6.36 Å². The Balaban J connectivity index is 1.65. The molecule has 0 aliphatic rings. The summed E-state index contributed by atoms with van der Waals surface area (Å²) in [7, 11) is -2.97. The van der Waals surface area contributed by atoms with Gasteiger partial charge in [-0.05, 0) is 66.2 Å². The van der Waals surface area contributed by atoms with Gasteiger partial charge in [-0.25, -0.2) is 12.8 Å². The maximum Gasteiger partial charge on any atom is 0.573 e. The Morgan fingerprint density at radius 3 is 2.31 bits per heavy atom. The molecule has 35 heavy (non-hydrogen) atoms. The SMILES string of the molecule is C=C(C(=O)NCc1ccnc(-c2ccc(OC(F)(F)F)cc2)c1)N(C)S(=O)(=O)c1ccc(F)cc1. The fourth-order valence-electron chi connectivity index (χ4n) is 2.91. The lowest BCUT2D eigenvalue weighted by molar-refractivity contribution is -0.274. The van der Waals surface area contributed by atoms with Gasteiger partial charge in [0, 0.05) is 25.4 Å². The van der Waals surface area contributed by atoms with E-state index in [1.807, 2.05) is 0 Å². The van der Waals surface area contributed by atoms with Gasteiger partial charge in [-0.15, -0.1) is 13.2 Å². The number of halogens is 4. The summed E-state index contributed by atoms with van der Waals surface area (Å²) in [6.07, 6.45) is -3.34. The molecule has 0 radical (unpaired) electrons. The average molecular weight is 509 g/mol. The smallest absolute Gasteiger partial charge is 0.406 e. The van der Waals surface area contributed by atoms with Crippen LogP contribution in [0.15, 0.2) is 84.0 Å². The van der Waals surface area contributed by atoms with Gasteiger partial charge < -0.3 is 10.1 Å². The van der Waals surface area contributed by atoms with E-state index < -0.39 is 28.1 Å². The molecular weight excluding hydrogens is 490 g/mol. The van der Waals surface area contributed by atoms with Crippen LogP contribution in [0.2, 0.25) is 0 Å². The van der Waals surface area contributed by atoms with Crippen molar-refractivity contribution in [3.05, 3.63) is 90.5 Å². The van der Waals surface area contributed by atoms with Crippen molar-refractivity contribution < 1.29 is 35.5 Å². The molecule has 184 valence electrons. The molecule has 0 saturated heterocycles. The number of hydrogen-bond donors (Lipinski definition) is 1. The van der Waals surface area contributed by atoms with Gasteiger partial charge in [-0.1, -0.05) is 6.58 Å². The van der Waals surface area contributed by atoms with E-state index in [2.05, 4.69) is 21.6 Å². The summed E-state index contributed by atoms with van der Waals surface area (Å²) >= 11 is 0. The number of nitrogens with zero attached hydrogens (tertiary/aromatic N) is 2. The van der Waals surface area contributed by atoms with E-state index in [0.717, 1.165) is 43.4 Å². The highest BCUT2D eigenvalue weighted by Crippen LogP contribution is 2.26. The van der Waals surface area contributed by atoms with Crippen LogP contribution in [0.1, 0.15) is 5.56 Å². The number of carbonyl (C=O) groups is 1. The molecule has 1 aromatic heterocycles. The van der Waals surface area contributed by atoms with E-state index in [1.165, 1.54) is 18.3 Å². The van der Waals surface area contributed by atoms with Crippen molar-refractivity contribution in [3.63, 3.8) is 0 Å². The minimum absolute atomic E-state index is 0.00687. The fourth-order valence-corrected chi connectivity index (χ4v) is 4.08. The molecule has 7 nitrogen and oxygen atoms in total. The Morgan fingerprint density at radius 2 is 1.71 bits per heavy atom. The molecule has 0 aliphatic heterocycles. The molecule has 2 aromatic carbocycles. The molecule has 1 amide bonds. The number of pyridine rings is 1. The summed E-state index contributed by atoms with van der Waals surface area (Å²) in [4.78, 5) is 16.5. The Morgan fingerprint density at radius 1 is 1.09 bits per heavy atom. The minimum Gasteiger partial charge on any atom is -0.406 e. The first-order chi connectivity index (χ1) is 16.4. The number of benzene rings is 2. The third kappa shape index (κ3) is 6.57. The molecule has 0 saturated carbocycles. The third-order valence-corrected chi connectivity index (χ3v) is 6.58. The summed E-state index contributed by atoms with van der Waals surface area (Å²) in [5.74, 6) is -1.74. The zero-order valence-corrected chi connectivity index (χ0v) is 19.0. The number of amides is 1. The fraction of sp³-hybridized carbons (Fsp3) is 0.130. The van der Waals surface area contributed by atoms with Crippen LogP contribution in [0.3, 0.4) is 0 Å². The van der Waals surface area contributed by atoms with Crippen molar-refractivity contribution in [2.75, 3.05) is 7.05 Å². The predicted octanol–water partition coefficient (Wildman–Crippen LogP) is 4.24. The van der Waals surface area contributed by atoms with Gasteiger partial charge in [0.1, 0.15) is 17.3 Å². The van der Waals surface area contributed by atoms with Crippen molar-refractivity contribution >= 4 is 15.9 Å². The number of alkyl halides is 3. The van der Waals surface area contributed by atoms with Crippen molar-refractivity contribution in [3.8, 4) is 17.0 Å². The van der Waals surface area contributed by atoms with Crippen LogP contribution in [0.4, 0.5) is 17.6 Å². The molecule has 0 unspecified atom stereocenters.